The van der Waals surface area contributed by atoms with Crippen molar-refractivity contribution in [2.75, 3.05) is 0 Å². The third-order valence-corrected chi connectivity index (χ3v) is 1.87. The maximum atomic E-state index is 5.11. The van der Waals surface area contributed by atoms with Crippen LogP contribution in [0.4, 0.5) is 0 Å². The van der Waals surface area contributed by atoms with Crippen molar-refractivity contribution in [2.24, 2.45) is 0 Å². The van der Waals surface area contributed by atoms with Gasteiger partial charge in [0, 0.05) is 25.6 Å². The van der Waals surface area contributed by atoms with E-state index in [1.165, 1.54) is 0 Å². The summed E-state index contributed by atoms with van der Waals surface area (Å²) in [6.07, 6.45) is 0. The molecule has 0 aliphatic heterocycles. The summed E-state index contributed by atoms with van der Waals surface area (Å²) >= 11 is 1.15. The molecular formula is C6H6N4O2S. The number of hydrogen-bond acceptors (Lipinski definition) is 7. The standard InChI is InChI=1S/C6H6N4O2S/c1-3-7-9-5(11-3)13-6-10-8-4(2)12-6/h1-2H3. The lowest BCUT2D eigenvalue weighted by Gasteiger charge is -1.84. The van der Waals surface area contributed by atoms with E-state index in [4.69, 9.17) is 8.83 Å². The minimum absolute atomic E-state index is 0.404. The quantitative estimate of drug-likeness (QED) is 0.717. The van der Waals surface area contributed by atoms with Gasteiger partial charge in [0.05, 0.1) is 0 Å². The molecule has 0 radical (unpaired) electrons. The van der Waals surface area contributed by atoms with Crippen molar-refractivity contribution in [1.82, 2.24) is 20.4 Å². The zero-order chi connectivity index (χ0) is 9.26. The second kappa shape index (κ2) is 3.17. The van der Waals surface area contributed by atoms with Crippen LogP contribution in [-0.2, 0) is 0 Å². The molecule has 68 valence electrons. The molecule has 2 aromatic rings. The normalized spacial score (nSPS) is 10.6. The van der Waals surface area contributed by atoms with Gasteiger partial charge in [0.25, 0.3) is 10.4 Å². The van der Waals surface area contributed by atoms with Crippen LogP contribution < -0.4 is 0 Å². The first-order valence-electron chi connectivity index (χ1n) is 3.52. The Bertz CT molecular complexity index is 372. The van der Waals surface area contributed by atoms with Crippen molar-refractivity contribution in [2.45, 2.75) is 24.3 Å². The lowest BCUT2D eigenvalue weighted by atomic mass is 10.8. The monoisotopic (exact) mass is 198 g/mol. The summed E-state index contributed by atoms with van der Waals surface area (Å²) in [4.78, 5) is 0. The summed E-state index contributed by atoms with van der Waals surface area (Å²) in [5.41, 5.74) is 0. The molecule has 0 bridgehead atoms. The first-order valence-corrected chi connectivity index (χ1v) is 4.34. The minimum Gasteiger partial charge on any atom is -0.416 e. The van der Waals surface area contributed by atoms with E-state index in [0.29, 0.717) is 22.2 Å². The molecule has 7 heteroatoms. The number of hydrogen-bond donors (Lipinski definition) is 0. The highest BCUT2D eigenvalue weighted by molar-refractivity contribution is 7.98. The topological polar surface area (TPSA) is 77.8 Å². The molecule has 0 aliphatic rings. The van der Waals surface area contributed by atoms with E-state index in [0.717, 1.165) is 11.8 Å². The Morgan fingerprint density at radius 1 is 0.846 bits per heavy atom. The zero-order valence-corrected chi connectivity index (χ0v) is 7.83. The molecule has 2 aromatic heterocycles. The molecule has 0 saturated carbocycles. The van der Waals surface area contributed by atoms with Crippen LogP contribution in [0.3, 0.4) is 0 Å². The molecule has 0 amide bonds. The van der Waals surface area contributed by atoms with Gasteiger partial charge in [-0.15, -0.1) is 20.4 Å². The summed E-state index contributed by atoms with van der Waals surface area (Å²) in [6, 6.07) is 0. The van der Waals surface area contributed by atoms with E-state index in [2.05, 4.69) is 20.4 Å². The largest absolute Gasteiger partial charge is 0.416 e. The first kappa shape index (κ1) is 8.24. The molecule has 2 heterocycles. The average molecular weight is 198 g/mol. The summed E-state index contributed by atoms with van der Waals surface area (Å²) in [7, 11) is 0. The van der Waals surface area contributed by atoms with Crippen molar-refractivity contribution in [3.63, 3.8) is 0 Å². The van der Waals surface area contributed by atoms with E-state index < -0.39 is 0 Å². The van der Waals surface area contributed by atoms with Gasteiger partial charge in [0.1, 0.15) is 0 Å². The van der Waals surface area contributed by atoms with Crippen LogP contribution in [0, 0.1) is 13.8 Å². The molecule has 6 nitrogen and oxygen atoms in total. The van der Waals surface area contributed by atoms with E-state index in [-0.39, 0.29) is 0 Å². The summed E-state index contributed by atoms with van der Waals surface area (Å²) in [5, 5.41) is 15.7. The van der Waals surface area contributed by atoms with E-state index in [1.54, 1.807) is 13.8 Å². The molecule has 0 aliphatic carbocycles. The Balaban J connectivity index is 2.14. The van der Waals surface area contributed by atoms with Gasteiger partial charge in [-0.2, -0.15) is 0 Å². The summed E-state index contributed by atoms with van der Waals surface area (Å²) < 4.78 is 10.2. The Morgan fingerprint density at radius 2 is 1.31 bits per heavy atom. The number of rotatable bonds is 2. The molecule has 0 N–H and O–H groups in total. The van der Waals surface area contributed by atoms with Gasteiger partial charge < -0.3 is 8.83 Å². The molecule has 0 spiro atoms. The number of aromatic nitrogens is 4. The molecule has 0 fully saturated rings. The van der Waals surface area contributed by atoms with Crippen LogP contribution in [0.1, 0.15) is 11.8 Å². The SMILES string of the molecule is Cc1nnc(Sc2nnc(C)o2)o1. The third kappa shape index (κ3) is 1.86. The Kier molecular flexibility index (Phi) is 2.01. The minimum atomic E-state index is 0.404. The molecule has 13 heavy (non-hydrogen) atoms. The number of nitrogens with zero attached hydrogens (tertiary/aromatic N) is 4. The maximum absolute atomic E-state index is 5.11. The fraction of sp³-hybridized carbons (Fsp3) is 0.333. The fourth-order valence-corrected chi connectivity index (χ4v) is 1.35. The van der Waals surface area contributed by atoms with Gasteiger partial charge in [-0.25, -0.2) is 0 Å². The van der Waals surface area contributed by atoms with E-state index >= 15 is 0 Å². The van der Waals surface area contributed by atoms with Gasteiger partial charge >= 0.3 is 0 Å². The van der Waals surface area contributed by atoms with Crippen LogP contribution in [-0.4, -0.2) is 20.4 Å². The fourth-order valence-electron chi connectivity index (χ4n) is 0.714. The van der Waals surface area contributed by atoms with Crippen molar-refractivity contribution in [3.8, 4) is 0 Å². The van der Waals surface area contributed by atoms with Crippen LogP contribution in [0.15, 0.2) is 19.3 Å². The predicted octanol–water partition coefficient (Wildman–Crippen LogP) is 1.22. The molecule has 0 aromatic carbocycles. The summed E-state index contributed by atoms with van der Waals surface area (Å²) in [5.74, 6) is 1.03. The van der Waals surface area contributed by atoms with Crippen molar-refractivity contribution < 1.29 is 8.83 Å². The van der Waals surface area contributed by atoms with Crippen molar-refractivity contribution in [3.05, 3.63) is 11.8 Å². The van der Waals surface area contributed by atoms with Gasteiger partial charge in [-0.05, 0) is 0 Å². The Hall–Kier alpha value is -1.37. The Morgan fingerprint density at radius 3 is 1.62 bits per heavy atom. The smallest absolute Gasteiger partial charge is 0.286 e. The van der Waals surface area contributed by atoms with E-state index in [9.17, 15) is 0 Å². The molecule has 2 rings (SSSR count). The highest BCUT2D eigenvalue weighted by Gasteiger charge is 2.09. The second-order valence-electron chi connectivity index (χ2n) is 2.28. The van der Waals surface area contributed by atoms with Crippen molar-refractivity contribution in [1.29, 1.82) is 0 Å². The predicted molar refractivity (Wildman–Crippen MR) is 42.2 cm³/mol. The van der Waals surface area contributed by atoms with Crippen molar-refractivity contribution >= 4 is 11.8 Å². The zero-order valence-electron chi connectivity index (χ0n) is 7.01. The molecule has 0 unspecified atom stereocenters. The van der Waals surface area contributed by atoms with Crippen LogP contribution >= 0.6 is 11.8 Å². The average Bonchev–Trinajstić information content (AvgIpc) is 2.62. The Labute approximate surface area is 77.7 Å². The van der Waals surface area contributed by atoms with E-state index in [1.807, 2.05) is 0 Å². The lowest BCUT2D eigenvalue weighted by molar-refractivity contribution is 0.409. The highest BCUT2D eigenvalue weighted by Crippen LogP contribution is 2.24. The molecular weight excluding hydrogens is 192 g/mol. The molecule has 0 atom stereocenters. The van der Waals surface area contributed by atoms with Crippen LogP contribution in [0.25, 0.3) is 0 Å². The third-order valence-electron chi connectivity index (χ3n) is 1.19. The van der Waals surface area contributed by atoms with Gasteiger partial charge in [-0.1, -0.05) is 0 Å². The van der Waals surface area contributed by atoms with Gasteiger partial charge in [0.2, 0.25) is 11.8 Å². The van der Waals surface area contributed by atoms with Gasteiger partial charge in [0.15, 0.2) is 0 Å². The van der Waals surface area contributed by atoms with Gasteiger partial charge in [-0.3, -0.25) is 0 Å². The highest BCUT2D eigenvalue weighted by atomic mass is 32.2. The van der Waals surface area contributed by atoms with Crippen LogP contribution in [0.2, 0.25) is 0 Å². The second-order valence-corrected chi connectivity index (χ2v) is 3.18. The lowest BCUT2D eigenvalue weighted by Crippen LogP contribution is -1.73. The summed E-state index contributed by atoms with van der Waals surface area (Å²) in [6.45, 7) is 3.44. The van der Waals surface area contributed by atoms with Crippen LogP contribution in [0.5, 0.6) is 0 Å². The first-order chi connectivity index (χ1) is 6.24. The number of aryl methyl sites for hydroxylation is 2. The molecule has 0 saturated heterocycles. The maximum Gasteiger partial charge on any atom is 0.286 e.